The fraction of sp³-hybridized carbons (Fsp3) is 0.500. The standard InChI is InChI=1S/C18H27N3/c1-4-7-13-21-16(8-5-2)20-17(18(21)19)15-11-9-14(6-3)10-12-15/h9-12H,4-8,13,19H2,1-3H3. The Labute approximate surface area is 128 Å². The van der Waals surface area contributed by atoms with Crippen molar-refractivity contribution in [1.29, 1.82) is 0 Å². The minimum Gasteiger partial charge on any atom is -0.383 e. The molecule has 0 radical (unpaired) electrons. The van der Waals surface area contributed by atoms with Crippen molar-refractivity contribution in [2.24, 2.45) is 0 Å². The Morgan fingerprint density at radius 3 is 2.33 bits per heavy atom. The van der Waals surface area contributed by atoms with Crippen LogP contribution in [0.2, 0.25) is 0 Å². The van der Waals surface area contributed by atoms with Crippen LogP contribution in [0.5, 0.6) is 0 Å². The molecule has 3 nitrogen and oxygen atoms in total. The Kier molecular flexibility index (Phi) is 5.43. The van der Waals surface area contributed by atoms with Crippen LogP contribution in [0.15, 0.2) is 24.3 Å². The summed E-state index contributed by atoms with van der Waals surface area (Å²) in [5.41, 5.74) is 9.79. The minimum atomic E-state index is 0.816. The average molecular weight is 285 g/mol. The molecule has 2 aromatic rings. The molecule has 2 N–H and O–H groups in total. The Morgan fingerprint density at radius 2 is 1.76 bits per heavy atom. The van der Waals surface area contributed by atoms with Gasteiger partial charge in [0, 0.05) is 18.5 Å². The predicted octanol–water partition coefficient (Wildman–Crippen LogP) is 4.45. The number of anilines is 1. The zero-order valence-electron chi connectivity index (χ0n) is 13.5. The van der Waals surface area contributed by atoms with Crippen LogP contribution in [0.3, 0.4) is 0 Å². The van der Waals surface area contributed by atoms with Gasteiger partial charge in [0.2, 0.25) is 0 Å². The zero-order chi connectivity index (χ0) is 15.2. The maximum Gasteiger partial charge on any atom is 0.131 e. The van der Waals surface area contributed by atoms with Gasteiger partial charge in [-0.3, -0.25) is 0 Å². The van der Waals surface area contributed by atoms with Gasteiger partial charge in [0.1, 0.15) is 17.3 Å². The summed E-state index contributed by atoms with van der Waals surface area (Å²) in [6, 6.07) is 8.60. The van der Waals surface area contributed by atoms with Gasteiger partial charge in [-0.2, -0.15) is 0 Å². The number of nitrogen functional groups attached to an aromatic ring is 1. The number of hydrogen-bond donors (Lipinski definition) is 1. The summed E-state index contributed by atoms with van der Waals surface area (Å²) in [6.45, 7) is 7.53. The zero-order valence-corrected chi connectivity index (χ0v) is 13.5. The Balaban J connectivity index is 2.37. The molecule has 0 fully saturated rings. The molecule has 0 aliphatic heterocycles. The molecule has 1 aromatic carbocycles. The molecule has 0 aliphatic carbocycles. The Bertz CT molecular complexity index is 567. The van der Waals surface area contributed by atoms with E-state index in [0.29, 0.717) is 0 Å². The van der Waals surface area contributed by atoms with E-state index in [2.05, 4.69) is 49.6 Å². The number of nitrogens with two attached hydrogens (primary N) is 1. The third-order valence-corrected chi connectivity index (χ3v) is 3.93. The lowest BCUT2D eigenvalue weighted by Crippen LogP contribution is -2.07. The quantitative estimate of drug-likeness (QED) is 0.817. The van der Waals surface area contributed by atoms with Crippen LogP contribution in [-0.2, 0) is 19.4 Å². The van der Waals surface area contributed by atoms with Crippen molar-refractivity contribution in [1.82, 2.24) is 9.55 Å². The first-order valence-corrected chi connectivity index (χ1v) is 8.15. The molecule has 0 saturated carbocycles. The van der Waals surface area contributed by atoms with Crippen LogP contribution in [0, 0.1) is 0 Å². The van der Waals surface area contributed by atoms with E-state index in [1.165, 1.54) is 12.0 Å². The van der Waals surface area contributed by atoms with E-state index in [1.54, 1.807) is 0 Å². The van der Waals surface area contributed by atoms with E-state index in [0.717, 1.165) is 55.1 Å². The van der Waals surface area contributed by atoms with Gasteiger partial charge in [-0.1, -0.05) is 51.5 Å². The van der Waals surface area contributed by atoms with Crippen LogP contribution in [0.4, 0.5) is 5.82 Å². The first-order valence-electron chi connectivity index (χ1n) is 8.15. The topological polar surface area (TPSA) is 43.8 Å². The second-order valence-electron chi connectivity index (χ2n) is 5.57. The van der Waals surface area contributed by atoms with E-state index >= 15 is 0 Å². The molecule has 114 valence electrons. The molecule has 0 spiro atoms. The van der Waals surface area contributed by atoms with E-state index < -0.39 is 0 Å². The van der Waals surface area contributed by atoms with Crippen molar-refractivity contribution in [3.8, 4) is 11.3 Å². The van der Waals surface area contributed by atoms with Gasteiger partial charge in [0.25, 0.3) is 0 Å². The molecule has 0 unspecified atom stereocenters. The second-order valence-corrected chi connectivity index (χ2v) is 5.57. The third kappa shape index (κ3) is 3.46. The maximum absolute atomic E-state index is 6.38. The van der Waals surface area contributed by atoms with Crippen molar-refractivity contribution in [3.63, 3.8) is 0 Å². The lowest BCUT2D eigenvalue weighted by Gasteiger charge is -2.08. The lowest BCUT2D eigenvalue weighted by atomic mass is 10.1. The molecule has 21 heavy (non-hydrogen) atoms. The third-order valence-electron chi connectivity index (χ3n) is 3.93. The number of hydrogen-bond acceptors (Lipinski definition) is 2. The summed E-state index contributed by atoms with van der Waals surface area (Å²) in [5, 5.41) is 0. The normalized spacial score (nSPS) is 11.0. The van der Waals surface area contributed by atoms with Crippen LogP contribution < -0.4 is 5.73 Å². The first kappa shape index (κ1) is 15.6. The number of unbranched alkanes of at least 4 members (excludes halogenated alkanes) is 1. The maximum atomic E-state index is 6.38. The summed E-state index contributed by atoms with van der Waals surface area (Å²) in [5.74, 6) is 1.94. The highest BCUT2D eigenvalue weighted by Crippen LogP contribution is 2.27. The highest BCUT2D eigenvalue weighted by atomic mass is 15.1. The molecule has 0 aliphatic rings. The van der Waals surface area contributed by atoms with Crippen molar-refractivity contribution < 1.29 is 0 Å². The number of benzene rings is 1. The van der Waals surface area contributed by atoms with Crippen LogP contribution in [-0.4, -0.2) is 9.55 Å². The van der Waals surface area contributed by atoms with Gasteiger partial charge in [-0.25, -0.2) is 4.98 Å². The molecule has 0 saturated heterocycles. The van der Waals surface area contributed by atoms with Gasteiger partial charge >= 0.3 is 0 Å². The van der Waals surface area contributed by atoms with Crippen molar-refractivity contribution in [2.75, 3.05) is 5.73 Å². The number of nitrogens with zero attached hydrogens (tertiary/aromatic N) is 2. The summed E-state index contributed by atoms with van der Waals surface area (Å²) >= 11 is 0. The first-order chi connectivity index (χ1) is 10.2. The van der Waals surface area contributed by atoms with Crippen molar-refractivity contribution >= 4 is 5.82 Å². The van der Waals surface area contributed by atoms with Gasteiger partial charge in [-0.15, -0.1) is 0 Å². The molecule has 2 rings (SSSR count). The molecule has 0 amide bonds. The highest BCUT2D eigenvalue weighted by Gasteiger charge is 2.15. The minimum absolute atomic E-state index is 0.816. The molecule has 0 atom stereocenters. The smallest absolute Gasteiger partial charge is 0.131 e. The SMILES string of the molecule is CCCCn1c(CCC)nc(-c2ccc(CC)cc2)c1N. The average Bonchev–Trinajstić information content (AvgIpc) is 2.82. The van der Waals surface area contributed by atoms with Gasteiger partial charge < -0.3 is 10.3 Å². The lowest BCUT2D eigenvalue weighted by molar-refractivity contribution is 0.604. The number of rotatable bonds is 7. The van der Waals surface area contributed by atoms with E-state index in [9.17, 15) is 0 Å². The molecular weight excluding hydrogens is 258 g/mol. The molecule has 1 heterocycles. The van der Waals surface area contributed by atoms with Gasteiger partial charge in [0.15, 0.2) is 0 Å². The fourth-order valence-corrected chi connectivity index (χ4v) is 2.60. The molecule has 0 bridgehead atoms. The molecule has 3 heteroatoms. The largest absolute Gasteiger partial charge is 0.383 e. The predicted molar refractivity (Wildman–Crippen MR) is 90.4 cm³/mol. The number of aromatic nitrogens is 2. The molecular formula is C18H27N3. The van der Waals surface area contributed by atoms with E-state index in [-0.39, 0.29) is 0 Å². The number of imidazole rings is 1. The van der Waals surface area contributed by atoms with Crippen LogP contribution in [0.25, 0.3) is 11.3 Å². The van der Waals surface area contributed by atoms with Crippen LogP contribution in [0.1, 0.15) is 51.4 Å². The van der Waals surface area contributed by atoms with Crippen molar-refractivity contribution in [2.45, 2.75) is 59.4 Å². The van der Waals surface area contributed by atoms with Crippen LogP contribution >= 0.6 is 0 Å². The summed E-state index contributed by atoms with van der Waals surface area (Å²) in [4.78, 5) is 4.82. The summed E-state index contributed by atoms with van der Waals surface area (Å²) in [7, 11) is 0. The Hall–Kier alpha value is -1.77. The van der Waals surface area contributed by atoms with Gasteiger partial charge in [-0.05, 0) is 24.8 Å². The van der Waals surface area contributed by atoms with Gasteiger partial charge in [0.05, 0.1) is 0 Å². The molecule has 1 aromatic heterocycles. The van der Waals surface area contributed by atoms with E-state index in [1.807, 2.05) is 0 Å². The van der Waals surface area contributed by atoms with E-state index in [4.69, 9.17) is 10.7 Å². The fourth-order valence-electron chi connectivity index (χ4n) is 2.60. The second kappa shape index (κ2) is 7.30. The monoisotopic (exact) mass is 285 g/mol. The summed E-state index contributed by atoms with van der Waals surface area (Å²) < 4.78 is 2.20. The highest BCUT2D eigenvalue weighted by molar-refractivity contribution is 5.71. The van der Waals surface area contributed by atoms with Crippen molar-refractivity contribution in [3.05, 3.63) is 35.7 Å². The summed E-state index contributed by atoms with van der Waals surface area (Å²) in [6.07, 6.45) is 5.45. The number of aryl methyl sites for hydroxylation is 2. The Morgan fingerprint density at radius 1 is 1.05 bits per heavy atom.